The standard InChI is InChI=1S/C48H26O/c1-2-6-34-26-42-41(25-33(34)5-1)47-39(35-19-15-31-13-11-27-7-3-9-29-17-21-37(35)45(31)43(27)29)23-24-40(48(47)49-42)36-20-16-32-14-12-28-8-4-10-30-18-22-38(36)46(32)44(28)30/h1-26H/i4D,8D,10D,12D,14D,16D,18D,20D,22D. The molecule has 1 aromatic heterocycles. The van der Waals surface area contributed by atoms with Gasteiger partial charge >= 0.3 is 0 Å². The molecule has 0 saturated carbocycles. The lowest BCUT2D eigenvalue weighted by atomic mass is 9.86. The van der Waals surface area contributed by atoms with Gasteiger partial charge < -0.3 is 4.42 Å². The molecule has 0 atom stereocenters. The van der Waals surface area contributed by atoms with Gasteiger partial charge in [-0.3, -0.25) is 0 Å². The predicted octanol–water partition coefficient (Wildman–Crippen LogP) is 13.9. The van der Waals surface area contributed by atoms with Crippen molar-refractivity contribution < 1.29 is 16.8 Å². The summed E-state index contributed by atoms with van der Waals surface area (Å²) in [5.74, 6) is 0. The molecule has 1 nitrogen and oxygen atoms in total. The molecule has 0 unspecified atom stereocenters. The van der Waals surface area contributed by atoms with Crippen molar-refractivity contribution in [2.24, 2.45) is 0 Å². The highest BCUT2D eigenvalue weighted by atomic mass is 16.3. The van der Waals surface area contributed by atoms with Crippen LogP contribution in [0.2, 0.25) is 0 Å². The summed E-state index contributed by atoms with van der Waals surface area (Å²) in [5, 5.41) is 10.6. The molecule has 11 aromatic carbocycles. The Morgan fingerprint density at radius 3 is 1.78 bits per heavy atom. The van der Waals surface area contributed by atoms with Gasteiger partial charge in [0.1, 0.15) is 11.2 Å². The molecule has 0 aliphatic heterocycles. The van der Waals surface area contributed by atoms with Crippen LogP contribution in [0.1, 0.15) is 12.3 Å². The molecule has 1 heterocycles. The van der Waals surface area contributed by atoms with Crippen LogP contribution in [-0.4, -0.2) is 0 Å². The summed E-state index contributed by atoms with van der Waals surface area (Å²) in [6, 6.07) is 31.6. The minimum atomic E-state index is -0.502. The highest BCUT2D eigenvalue weighted by molar-refractivity contribution is 6.29. The van der Waals surface area contributed by atoms with Gasteiger partial charge in [-0.05, 0) is 110 Å². The highest BCUT2D eigenvalue weighted by Gasteiger charge is 2.22. The molecular formula is C48H26O. The van der Waals surface area contributed by atoms with E-state index in [1.54, 1.807) is 0 Å². The van der Waals surface area contributed by atoms with Crippen LogP contribution in [0.3, 0.4) is 0 Å². The topological polar surface area (TPSA) is 13.1 Å². The second-order valence-corrected chi connectivity index (χ2v) is 12.9. The molecule has 0 spiro atoms. The highest BCUT2D eigenvalue weighted by Crippen LogP contribution is 2.48. The number of furan rings is 1. The van der Waals surface area contributed by atoms with E-state index in [9.17, 15) is 5.48 Å². The van der Waals surface area contributed by atoms with Crippen molar-refractivity contribution in [1.29, 1.82) is 0 Å². The second-order valence-electron chi connectivity index (χ2n) is 12.9. The molecule has 224 valence electrons. The van der Waals surface area contributed by atoms with E-state index < -0.39 is 30.2 Å². The van der Waals surface area contributed by atoms with Gasteiger partial charge in [-0.1, -0.05) is 139 Å². The van der Waals surface area contributed by atoms with Gasteiger partial charge in [0.25, 0.3) is 0 Å². The minimum absolute atomic E-state index is 0.0614. The Kier molecular flexibility index (Phi) is 3.50. The largest absolute Gasteiger partial charge is 0.455 e. The zero-order valence-electron chi connectivity index (χ0n) is 34.7. The third-order valence-electron chi connectivity index (χ3n) is 10.4. The minimum Gasteiger partial charge on any atom is -0.455 e. The van der Waals surface area contributed by atoms with Crippen LogP contribution in [0, 0.1) is 0 Å². The van der Waals surface area contributed by atoms with Crippen molar-refractivity contribution in [2.75, 3.05) is 0 Å². The molecule has 0 aliphatic carbocycles. The van der Waals surface area contributed by atoms with Crippen LogP contribution < -0.4 is 0 Å². The fourth-order valence-electron chi connectivity index (χ4n) is 8.22. The molecule has 0 aliphatic rings. The lowest BCUT2D eigenvalue weighted by Gasteiger charge is -2.16. The number of benzene rings is 11. The summed E-state index contributed by atoms with van der Waals surface area (Å²) in [4.78, 5) is 0. The van der Waals surface area contributed by atoms with Crippen molar-refractivity contribution >= 4 is 97.3 Å². The second kappa shape index (κ2) is 9.13. The Labute approximate surface area is 293 Å². The SMILES string of the molecule is [2H]c1c([2H])c2c([2H])c([2H])c3c([2H])c([2H])c(-c4ccc(-c5ccc6ccc7cccc8ccc5c6c78)c5c4oc4cc6ccccc6cc45)c4c([2H])c([2H])c(c1[2H])c2c34. The summed E-state index contributed by atoms with van der Waals surface area (Å²) in [6.07, 6.45) is 0. The smallest absolute Gasteiger partial charge is 0.143 e. The molecule has 0 N–H and O–H groups in total. The van der Waals surface area contributed by atoms with E-state index >= 15 is 0 Å². The Morgan fingerprint density at radius 2 is 0.939 bits per heavy atom. The lowest BCUT2D eigenvalue weighted by molar-refractivity contribution is 0.670. The van der Waals surface area contributed by atoms with Gasteiger partial charge in [-0.2, -0.15) is 0 Å². The van der Waals surface area contributed by atoms with Crippen molar-refractivity contribution in [1.82, 2.24) is 0 Å². The third-order valence-corrected chi connectivity index (χ3v) is 10.4. The lowest BCUT2D eigenvalue weighted by Crippen LogP contribution is -1.90. The van der Waals surface area contributed by atoms with E-state index in [4.69, 9.17) is 11.3 Å². The molecule has 0 fully saturated rings. The van der Waals surface area contributed by atoms with Crippen LogP contribution in [0.15, 0.2) is 162 Å². The predicted molar refractivity (Wildman–Crippen MR) is 210 cm³/mol. The fraction of sp³-hybridized carbons (Fsp3) is 0. The van der Waals surface area contributed by atoms with E-state index in [2.05, 4.69) is 60.7 Å². The molecule has 12 rings (SSSR count). The Balaban J connectivity index is 1.28. The average molecular weight is 628 g/mol. The monoisotopic (exact) mass is 627 g/mol. The summed E-state index contributed by atoms with van der Waals surface area (Å²) in [6.45, 7) is 0. The first kappa shape index (κ1) is 18.8. The van der Waals surface area contributed by atoms with Gasteiger partial charge in [0.2, 0.25) is 0 Å². The third kappa shape index (κ3) is 3.34. The van der Waals surface area contributed by atoms with Gasteiger partial charge in [-0.15, -0.1) is 0 Å². The summed E-state index contributed by atoms with van der Waals surface area (Å²) < 4.78 is 88.5. The Bertz CT molecular complexity index is 3810. The van der Waals surface area contributed by atoms with E-state index in [0.29, 0.717) is 16.7 Å². The number of rotatable bonds is 2. The molecular weight excluding hydrogens is 593 g/mol. The van der Waals surface area contributed by atoms with E-state index in [1.165, 1.54) is 5.39 Å². The normalized spacial score (nSPS) is 15.1. The van der Waals surface area contributed by atoms with Gasteiger partial charge in [0, 0.05) is 16.3 Å². The fourth-order valence-corrected chi connectivity index (χ4v) is 8.22. The van der Waals surface area contributed by atoms with Gasteiger partial charge in [-0.25, -0.2) is 0 Å². The first-order valence-corrected chi connectivity index (χ1v) is 16.3. The molecule has 0 radical (unpaired) electrons. The van der Waals surface area contributed by atoms with Crippen LogP contribution in [0.5, 0.6) is 0 Å². The number of fused-ring (bicyclic) bond motifs is 4. The maximum absolute atomic E-state index is 9.56. The number of hydrogen-bond acceptors (Lipinski definition) is 1. The molecule has 0 saturated heterocycles. The Morgan fingerprint density at radius 1 is 0.347 bits per heavy atom. The maximum Gasteiger partial charge on any atom is 0.143 e. The quantitative estimate of drug-likeness (QED) is 0.174. The van der Waals surface area contributed by atoms with E-state index in [1.807, 2.05) is 42.5 Å². The molecule has 0 bridgehead atoms. The Hall–Kier alpha value is -6.44. The molecule has 49 heavy (non-hydrogen) atoms. The van der Waals surface area contributed by atoms with E-state index in [-0.39, 0.29) is 62.1 Å². The first-order valence-electron chi connectivity index (χ1n) is 20.8. The average Bonchev–Trinajstić information content (AvgIpc) is 3.61. The van der Waals surface area contributed by atoms with Crippen molar-refractivity contribution in [3.63, 3.8) is 0 Å². The van der Waals surface area contributed by atoms with Crippen molar-refractivity contribution in [3.8, 4) is 22.3 Å². The summed E-state index contributed by atoms with van der Waals surface area (Å²) in [5.41, 5.74) is 3.47. The zero-order chi connectivity index (χ0) is 39.6. The summed E-state index contributed by atoms with van der Waals surface area (Å²) >= 11 is 0. The molecule has 0 amide bonds. The van der Waals surface area contributed by atoms with Crippen LogP contribution in [0.4, 0.5) is 0 Å². The van der Waals surface area contributed by atoms with E-state index in [0.717, 1.165) is 59.6 Å². The van der Waals surface area contributed by atoms with Crippen molar-refractivity contribution in [2.45, 2.75) is 0 Å². The van der Waals surface area contributed by atoms with Crippen LogP contribution in [-0.2, 0) is 0 Å². The molecule has 12 aromatic rings. The number of hydrogen-bond donors (Lipinski definition) is 0. The van der Waals surface area contributed by atoms with Crippen LogP contribution >= 0.6 is 0 Å². The zero-order valence-corrected chi connectivity index (χ0v) is 25.7. The summed E-state index contributed by atoms with van der Waals surface area (Å²) in [7, 11) is 0. The maximum atomic E-state index is 9.56. The first-order chi connectivity index (χ1) is 28.0. The van der Waals surface area contributed by atoms with Gasteiger partial charge in [0.15, 0.2) is 0 Å². The van der Waals surface area contributed by atoms with Crippen molar-refractivity contribution in [3.05, 3.63) is 158 Å². The molecule has 1 heteroatoms. The van der Waals surface area contributed by atoms with Crippen LogP contribution in [0.25, 0.3) is 120 Å². The van der Waals surface area contributed by atoms with Gasteiger partial charge in [0.05, 0.1) is 12.3 Å².